The summed E-state index contributed by atoms with van der Waals surface area (Å²) in [4.78, 5) is 29.0. The normalized spacial score (nSPS) is 11.6. The van der Waals surface area contributed by atoms with Crippen LogP contribution >= 0.6 is 11.3 Å². The molecule has 1 aromatic heterocycles. The van der Waals surface area contributed by atoms with Crippen LogP contribution in [0.25, 0.3) is 0 Å². The van der Waals surface area contributed by atoms with Crippen LogP contribution in [0.3, 0.4) is 0 Å². The number of hydrogen-bond donors (Lipinski definition) is 1. The van der Waals surface area contributed by atoms with Crippen LogP contribution in [0.4, 0.5) is 0 Å². The van der Waals surface area contributed by atoms with Crippen molar-refractivity contribution in [2.45, 2.75) is 33.4 Å². The average Bonchev–Trinajstić information content (AvgIpc) is 2.87. The standard InChI is InChI=1S/C17H21N3O3S/c1-11(2)18-15(21)9-20-12(3)10-24-17(20)19-16(22)13-6-5-7-14(8-13)23-4/h5-8,10-11H,9H2,1-4H3,(H,18,21). The minimum atomic E-state index is -0.367. The highest BCUT2D eigenvalue weighted by molar-refractivity contribution is 7.07. The van der Waals surface area contributed by atoms with Crippen molar-refractivity contribution in [1.82, 2.24) is 9.88 Å². The van der Waals surface area contributed by atoms with E-state index in [4.69, 9.17) is 4.74 Å². The number of aromatic nitrogens is 1. The van der Waals surface area contributed by atoms with Crippen molar-refractivity contribution in [2.75, 3.05) is 7.11 Å². The fourth-order valence-electron chi connectivity index (χ4n) is 2.11. The molecule has 128 valence electrons. The molecule has 1 heterocycles. The number of thiazole rings is 1. The van der Waals surface area contributed by atoms with Crippen LogP contribution in [0, 0.1) is 6.92 Å². The summed E-state index contributed by atoms with van der Waals surface area (Å²) in [6.07, 6.45) is 0. The molecule has 0 aliphatic heterocycles. The van der Waals surface area contributed by atoms with Gasteiger partial charge in [0.15, 0.2) is 4.80 Å². The van der Waals surface area contributed by atoms with Crippen molar-refractivity contribution in [1.29, 1.82) is 0 Å². The summed E-state index contributed by atoms with van der Waals surface area (Å²) in [5.74, 6) is 0.123. The van der Waals surface area contributed by atoms with E-state index in [0.29, 0.717) is 16.1 Å². The third kappa shape index (κ3) is 4.55. The van der Waals surface area contributed by atoms with Crippen LogP contribution in [0.5, 0.6) is 5.75 Å². The predicted molar refractivity (Wildman–Crippen MR) is 93.2 cm³/mol. The summed E-state index contributed by atoms with van der Waals surface area (Å²) in [6, 6.07) is 6.90. The molecule has 0 spiro atoms. The molecule has 0 radical (unpaired) electrons. The van der Waals surface area contributed by atoms with Gasteiger partial charge >= 0.3 is 0 Å². The zero-order valence-electron chi connectivity index (χ0n) is 14.2. The number of hydrogen-bond acceptors (Lipinski definition) is 4. The van der Waals surface area contributed by atoms with Gasteiger partial charge in [0.05, 0.1) is 7.11 Å². The van der Waals surface area contributed by atoms with E-state index >= 15 is 0 Å². The molecule has 0 aliphatic carbocycles. The number of methoxy groups -OCH3 is 1. The first-order valence-electron chi connectivity index (χ1n) is 7.58. The van der Waals surface area contributed by atoms with E-state index in [-0.39, 0.29) is 24.4 Å². The van der Waals surface area contributed by atoms with Crippen molar-refractivity contribution >= 4 is 23.2 Å². The van der Waals surface area contributed by atoms with E-state index in [1.165, 1.54) is 11.3 Å². The number of aryl methyl sites for hydroxylation is 1. The molecule has 0 aliphatic rings. The van der Waals surface area contributed by atoms with Gasteiger partial charge < -0.3 is 14.6 Å². The Balaban J connectivity index is 2.29. The van der Waals surface area contributed by atoms with E-state index < -0.39 is 0 Å². The largest absolute Gasteiger partial charge is 0.497 e. The molecule has 1 aromatic carbocycles. The first-order valence-corrected chi connectivity index (χ1v) is 8.46. The van der Waals surface area contributed by atoms with Gasteiger partial charge in [-0.3, -0.25) is 9.59 Å². The second-order valence-corrected chi connectivity index (χ2v) is 6.45. The molecule has 2 rings (SSSR count). The zero-order valence-corrected chi connectivity index (χ0v) is 15.0. The Hall–Kier alpha value is -2.41. The summed E-state index contributed by atoms with van der Waals surface area (Å²) in [6.45, 7) is 5.83. The van der Waals surface area contributed by atoms with Crippen molar-refractivity contribution in [3.05, 3.63) is 45.7 Å². The number of nitrogens with zero attached hydrogens (tertiary/aromatic N) is 2. The number of rotatable bonds is 5. The van der Waals surface area contributed by atoms with Crippen LogP contribution in [0.1, 0.15) is 29.9 Å². The van der Waals surface area contributed by atoms with Gasteiger partial charge in [0.1, 0.15) is 12.3 Å². The smallest absolute Gasteiger partial charge is 0.279 e. The second kappa shape index (κ2) is 7.92. The quantitative estimate of drug-likeness (QED) is 0.900. The molecule has 24 heavy (non-hydrogen) atoms. The van der Waals surface area contributed by atoms with Gasteiger partial charge in [-0.2, -0.15) is 4.99 Å². The molecule has 7 heteroatoms. The summed E-state index contributed by atoms with van der Waals surface area (Å²) in [5, 5.41) is 4.71. The van der Waals surface area contributed by atoms with Crippen molar-refractivity contribution in [3.63, 3.8) is 0 Å². The summed E-state index contributed by atoms with van der Waals surface area (Å²) in [5.41, 5.74) is 1.33. The first kappa shape index (κ1) is 17.9. The number of carbonyl (C=O) groups is 2. The van der Waals surface area contributed by atoms with Crippen LogP contribution in [0.15, 0.2) is 34.6 Å². The minimum absolute atomic E-state index is 0.0656. The topological polar surface area (TPSA) is 72.7 Å². The Morgan fingerprint density at radius 2 is 2.12 bits per heavy atom. The lowest BCUT2D eigenvalue weighted by atomic mass is 10.2. The third-order valence-corrected chi connectivity index (χ3v) is 4.24. The number of carbonyl (C=O) groups excluding carboxylic acids is 2. The van der Waals surface area contributed by atoms with Crippen molar-refractivity contribution in [3.8, 4) is 5.75 Å². The Labute approximate surface area is 144 Å². The van der Waals surface area contributed by atoms with Gasteiger partial charge in [-0.05, 0) is 39.0 Å². The van der Waals surface area contributed by atoms with Gasteiger partial charge in [-0.15, -0.1) is 11.3 Å². The molecule has 0 atom stereocenters. The lowest BCUT2D eigenvalue weighted by Crippen LogP contribution is -2.35. The van der Waals surface area contributed by atoms with Gasteiger partial charge in [-0.25, -0.2) is 0 Å². The lowest BCUT2D eigenvalue weighted by Gasteiger charge is -2.10. The Kier molecular flexibility index (Phi) is 5.92. The first-order chi connectivity index (χ1) is 11.4. The SMILES string of the molecule is COc1cccc(C(=O)N=c2scc(C)n2CC(=O)NC(C)C)c1. The van der Waals surface area contributed by atoms with E-state index in [0.717, 1.165) is 5.69 Å². The van der Waals surface area contributed by atoms with Gasteiger partial charge in [0.25, 0.3) is 5.91 Å². The Morgan fingerprint density at radius 1 is 1.38 bits per heavy atom. The maximum atomic E-state index is 12.4. The maximum Gasteiger partial charge on any atom is 0.279 e. The molecule has 2 aromatic rings. The van der Waals surface area contributed by atoms with Gasteiger partial charge in [-0.1, -0.05) is 6.07 Å². The molecule has 6 nitrogen and oxygen atoms in total. The monoisotopic (exact) mass is 347 g/mol. The highest BCUT2D eigenvalue weighted by Crippen LogP contribution is 2.13. The number of nitrogens with one attached hydrogen (secondary N) is 1. The van der Waals surface area contributed by atoms with Gasteiger partial charge in [0, 0.05) is 22.7 Å². The average molecular weight is 347 g/mol. The van der Waals surface area contributed by atoms with Crippen LogP contribution in [0.2, 0.25) is 0 Å². The molecule has 2 amide bonds. The van der Waals surface area contributed by atoms with E-state index in [9.17, 15) is 9.59 Å². The lowest BCUT2D eigenvalue weighted by molar-refractivity contribution is -0.122. The fourth-order valence-corrected chi connectivity index (χ4v) is 2.99. The molecule has 0 unspecified atom stereocenters. The van der Waals surface area contributed by atoms with E-state index in [1.807, 2.05) is 26.2 Å². The molecule has 1 N–H and O–H groups in total. The molecule has 0 fully saturated rings. The van der Waals surface area contributed by atoms with Gasteiger partial charge in [0.2, 0.25) is 5.91 Å². The van der Waals surface area contributed by atoms with Crippen LogP contribution < -0.4 is 14.9 Å². The number of benzene rings is 1. The van der Waals surface area contributed by atoms with Crippen LogP contribution in [-0.2, 0) is 11.3 Å². The summed E-state index contributed by atoms with van der Waals surface area (Å²) in [7, 11) is 1.55. The molecular formula is C17H21N3O3S. The van der Waals surface area contributed by atoms with Crippen LogP contribution in [-0.4, -0.2) is 29.5 Å². The highest BCUT2D eigenvalue weighted by atomic mass is 32.1. The number of ether oxygens (including phenoxy) is 1. The fraction of sp³-hybridized carbons (Fsp3) is 0.353. The molecule has 0 bridgehead atoms. The van der Waals surface area contributed by atoms with Crippen molar-refractivity contribution in [2.24, 2.45) is 4.99 Å². The molecular weight excluding hydrogens is 326 g/mol. The Morgan fingerprint density at radius 3 is 2.79 bits per heavy atom. The van der Waals surface area contributed by atoms with E-state index in [1.54, 1.807) is 35.9 Å². The molecule has 0 saturated carbocycles. The number of amides is 2. The summed E-state index contributed by atoms with van der Waals surface area (Å²) >= 11 is 1.33. The Bertz CT molecular complexity index is 805. The van der Waals surface area contributed by atoms with Crippen molar-refractivity contribution < 1.29 is 14.3 Å². The van der Waals surface area contributed by atoms with E-state index in [2.05, 4.69) is 10.3 Å². The second-order valence-electron chi connectivity index (χ2n) is 5.62. The zero-order chi connectivity index (χ0) is 17.7. The highest BCUT2D eigenvalue weighted by Gasteiger charge is 2.11. The third-order valence-electron chi connectivity index (χ3n) is 3.26. The minimum Gasteiger partial charge on any atom is -0.497 e. The molecule has 0 saturated heterocycles. The predicted octanol–water partition coefficient (Wildman–Crippen LogP) is 2.13. The summed E-state index contributed by atoms with van der Waals surface area (Å²) < 4.78 is 6.86. The maximum absolute atomic E-state index is 12.4.